The van der Waals surface area contributed by atoms with Gasteiger partial charge in [-0.3, -0.25) is 0 Å². The first-order valence-corrected chi connectivity index (χ1v) is 8.95. The number of nitrogens with zero attached hydrogens (tertiary/aromatic N) is 2. The van der Waals surface area contributed by atoms with Gasteiger partial charge in [0.15, 0.2) is 0 Å². The molecule has 4 heteroatoms. The van der Waals surface area contributed by atoms with Crippen molar-refractivity contribution >= 4 is 22.6 Å². The van der Waals surface area contributed by atoms with Gasteiger partial charge in [0.2, 0.25) is 0 Å². The first-order chi connectivity index (χ1) is 12.7. The lowest BCUT2D eigenvalue weighted by Gasteiger charge is -2.11. The Bertz CT molecular complexity index is 1020. The average Bonchev–Trinajstić information content (AvgIpc) is 2.99. The summed E-state index contributed by atoms with van der Waals surface area (Å²) in [5.74, 6) is 1.72. The zero-order chi connectivity index (χ0) is 17.9. The molecular weight excluding hydrogens is 344 g/mol. The highest BCUT2D eigenvalue weighted by atomic mass is 35.5. The van der Waals surface area contributed by atoms with Crippen LogP contribution in [0.3, 0.4) is 0 Å². The van der Waals surface area contributed by atoms with E-state index in [1.807, 2.05) is 60.7 Å². The lowest BCUT2D eigenvalue weighted by Crippen LogP contribution is -2.08. The highest BCUT2D eigenvalue weighted by Crippen LogP contribution is 2.23. The van der Waals surface area contributed by atoms with Gasteiger partial charge in [0.05, 0.1) is 11.0 Å². The number of halogens is 1. The van der Waals surface area contributed by atoms with Crippen LogP contribution in [-0.4, -0.2) is 9.55 Å². The number of fused-ring (bicyclic) bond motifs is 1. The number of hydrogen-bond donors (Lipinski definition) is 0. The lowest BCUT2D eigenvalue weighted by molar-refractivity contribution is 0.291. The Kier molecular flexibility index (Phi) is 4.63. The second-order valence-corrected chi connectivity index (χ2v) is 6.77. The molecule has 0 saturated heterocycles. The fourth-order valence-corrected chi connectivity index (χ4v) is 3.15. The first kappa shape index (κ1) is 16.7. The smallest absolute Gasteiger partial charge is 0.148 e. The molecule has 130 valence electrons. The van der Waals surface area contributed by atoms with Crippen molar-refractivity contribution in [2.75, 3.05) is 0 Å². The molecule has 0 saturated carbocycles. The van der Waals surface area contributed by atoms with E-state index in [9.17, 15) is 0 Å². The molecule has 3 aromatic carbocycles. The monoisotopic (exact) mass is 362 g/mol. The molecule has 3 nitrogen and oxygen atoms in total. The van der Waals surface area contributed by atoms with Crippen LogP contribution >= 0.6 is 11.6 Å². The highest BCUT2D eigenvalue weighted by molar-refractivity contribution is 6.31. The van der Waals surface area contributed by atoms with Gasteiger partial charge in [0, 0.05) is 11.6 Å². The molecule has 26 heavy (non-hydrogen) atoms. The summed E-state index contributed by atoms with van der Waals surface area (Å²) in [4.78, 5) is 4.76. The van der Waals surface area contributed by atoms with Crippen molar-refractivity contribution < 1.29 is 4.74 Å². The molecule has 0 radical (unpaired) electrons. The van der Waals surface area contributed by atoms with E-state index in [1.54, 1.807) is 0 Å². The molecule has 0 amide bonds. The Labute approximate surface area is 157 Å². The number of ether oxygens (including phenoxy) is 1. The van der Waals surface area contributed by atoms with Crippen LogP contribution in [0.5, 0.6) is 5.75 Å². The Morgan fingerprint density at radius 2 is 1.73 bits per heavy atom. The fraction of sp³-hybridized carbons (Fsp3) is 0.136. The maximum atomic E-state index is 6.22. The molecule has 0 fully saturated rings. The van der Waals surface area contributed by atoms with Crippen LogP contribution in [0, 0.1) is 6.92 Å². The molecular formula is C22H19ClN2O. The van der Waals surface area contributed by atoms with E-state index in [0.717, 1.165) is 29.2 Å². The van der Waals surface area contributed by atoms with Crippen LogP contribution in [0.2, 0.25) is 5.02 Å². The Balaban J connectivity index is 1.68. The zero-order valence-corrected chi connectivity index (χ0v) is 15.3. The minimum Gasteiger partial charge on any atom is -0.486 e. The van der Waals surface area contributed by atoms with Crippen molar-refractivity contribution in [2.45, 2.75) is 20.1 Å². The summed E-state index contributed by atoms with van der Waals surface area (Å²) in [7, 11) is 0. The predicted molar refractivity (Wildman–Crippen MR) is 106 cm³/mol. The highest BCUT2D eigenvalue weighted by Gasteiger charge is 2.12. The van der Waals surface area contributed by atoms with E-state index in [1.165, 1.54) is 11.1 Å². The van der Waals surface area contributed by atoms with Gasteiger partial charge in [-0.25, -0.2) is 4.98 Å². The largest absolute Gasteiger partial charge is 0.486 e. The molecule has 1 aromatic heterocycles. The minimum absolute atomic E-state index is 0.405. The summed E-state index contributed by atoms with van der Waals surface area (Å²) in [5, 5.41) is 0.706. The summed E-state index contributed by atoms with van der Waals surface area (Å²) < 4.78 is 8.14. The lowest BCUT2D eigenvalue weighted by atomic mass is 10.2. The standard InChI is InChI=1S/C22H19ClN2O/c1-16-7-10-19(11-8-16)26-15-22-24-20-12-9-18(23)13-21(20)25(22)14-17-5-3-2-4-6-17/h2-13H,14-15H2,1H3. The molecule has 0 N–H and O–H groups in total. The van der Waals surface area contributed by atoms with Gasteiger partial charge in [-0.05, 0) is 42.8 Å². The maximum absolute atomic E-state index is 6.22. The quantitative estimate of drug-likeness (QED) is 0.460. The van der Waals surface area contributed by atoms with Crippen molar-refractivity contribution in [1.82, 2.24) is 9.55 Å². The molecule has 0 unspecified atom stereocenters. The van der Waals surface area contributed by atoms with Crippen LogP contribution in [-0.2, 0) is 13.2 Å². The van der Waals surface area contributed by atoms with Gasteiger partial charge < -0.3 is 9.30 Å². The normalized spacial score (nSPS) is 11.0. The Morgan fingerprint density at radius 3 is 2.50 bits per heavy atom. The van der Waals surface area contributed by atoms with Crippen molar-refractivity contribution in [3.05, 3.63) is 94.8 Å². The maximum Gasteiger partial charge on any atom is 0.148 e. The summed E-state index contributed by atoms with van der Waals surface area (Å²) in [6, 6.07) is 24.2. The van der Waals surface area contributed by atoms with Crippen molar-refractivity contribution in [2.24, 2.45) is 0 Å². The minimum atomic E-state index is 0.405. The predicted octanol–water partition coefficient (Wildman–Crippen LogP) is 5.63. The van der Waals surface area contributed by atoms with Gasteiger partial charge in [0.1, 0.15) is 18.2 Å². The van der Waals surface area contributed by atoms with Crippen molar-refractivity contribution in [1.29, 1.82) is 0 Å². The summed E-state index contributed by atoms with van der Waals surface area (Å²) in [6.45, 7) is 3.19. The van der Waals surface area contributed by atoms with Gasteiger partial charge >= 0.3 is 0 Å². The number of benzene rings is 3. The van der Waals surface area contributed by atoms with Gasteiger partial charge in [-0.2, -0.15) is 0 Å². The summed E-state index contributed by atoms with van der Waals surface area (Å²) in [5.41, 5.74) is 4.36. The second-order valence-electron chi connectivity index (χ2n) is 6.33. The molecule has 4 rings (SSSR count). The Morgan fingerprint density at radius 1 is 0.962 bits per heavy atom. The van der Waals surface area contributed by atoms with E-state index in [4.69, 9.17) is 21.3 Å². The van der Waals surface area contributed by atoms with Crippen molar-refractivity contribution in [3.8, 4) is 5.75 Å². The van der Waals surface area contributed by atoms with Crippen LogP contribution in [0.25, 0.3) is 11.0 Å². The van der Waals surface area contributed by atoms with E-state index in [2.05, 4.69) is 23.6 Å². The van der Waals surface area contributed by atoms with E-state index >= 15 is 0 Å². The van der Waals surface area contributed by atoms with Gasteiger partial charge in [-0.1, -0.05) is 59.6 Å². The van der Waals surface area contributed by atoms with Gasteiger partial charge in [0.25, 0.3) is 0 Å². The van der Waals surface area contributed by atoms with E-state index in [0.29, 0.717) is 11.6 Å². The average molecular weight is 363 g/mol. The molecule has 0 atom stereocenters. The number of aromatic nitrogens is 2. The van der Waals surface area contributed by atoms with Gasteiger partial charge in [-0.15, -0.1) is 0 Å². The SMILES string of the molecule is Cc1ccc(OCc2nc3ccc(Cl)cc3n2Cc2ccccc2)cc1. The topological polar surface area (TPSA) is 27.1 Å². The van der Waals surface area contributed by atoms with Crippen LogP contribution in [0.4, 0.5) is 0 Å². The van der Waals surface area contributed by atoms with Crippen molar-refractivity contribution in [3.63, 3.8) is 0 Å². The van der Waals surface area contributed by atoms with E-state index in [-0.39, 0.29) is 0 Å². The molecule has 1 heterocycles. The van der Waals surface area contributed by atoms with Crippen LogP contribution in [0.15, 0.2) is 72.8 Å². The first-order valence-electron chi connectivity index (χ1n) is 8.57. The van der Waals surface area contributed by atoms with Crippen LogP contribution < -0.4 is 4.74 Å². The number of rotatable bonds is 5. The Hall–Kier alpha value is -2.78. The fourth-order valence-electron chi connectivity index (χ4n) is 2.98. The third-order valence-corrected chi connectivity index (χ3v) is 4.60. The van der Waals surface area contributed by atoms with E-state index < -0.39 is 0 Å². The number of imidazole rings is 1. The second kappa shape index (κ2) is 7.22. The number of hydrogen-bond acceptors (Lipinski definition) is 2. The van der Waals surface area contributed by atoms with Crippen LogP contribution in [0.1, 0.15) is 17.0 Å². The third kappa shape index (κ3) is 3.58. The molecule has 0 aliphatic heterocycles. The number of aryl methyl sites for hydroxylation is 1. The molecule has 4 aromatic rings. The molecule has 0 spiro atoms. The molecule has 0 aliphatic rings. The zero-order valence-electron chi connectivity index (χ0n) is 14.5. The summed E-state index contributed by atoms with van der Waals surface area (Å²) >= 11 is 6.22. The molecule has 0 bridgehead atoms. The molecule has 0 aliphatic carbocycles. The summed E-state index contributed by atoms with van der Waals surface area (Å²) in [6.07, 6.45) is 0. The third-order valence-electron chi connectivity index (χ3n) is 4.36.